The van der Waals surface area contributed by atoms with Crippen molar-refractivity contribution in [3.8, 4) is 0 Å². The fourth-order valence-electron chi connectivity index (χ4n) is 3.09. The smallest absolute Gasteiger partial charge is 0.145 e. The van der Waals surface area contributed by atoms with E-state index < -0.39 is 9.87 Å². The molecule has 1 fully saturated rings. The summed E-state index contributed by atoms with van der Waals surface area (Å²) >= 11 is 8.59. The molecule has 0 saturated heterocycles. The summed E-state index contributed by atoms with van der Waals surface area (Å²) in [5.74, 6) is 0. The molecule has 4 heteroatoms. The maximum Gasteiger partial charge on any atom is 0.145 e. The van der Waals surface area contributed by atoms with Gasteiger partial charge in [0.15, 0.2) is 0 Å². The van der Waals surface area contributed by atoms with Crippen LogP contribution in [-0.2, 0) is 0 Å². The maximum atomic E-state index is 10.4. The minimum absolute atomic E-state index is 0.510. The van der Waals surface area contributed by atoms with Crippen LogP contribution < -0.4 is 0 Å². The Bertz CT molecular complexity index is 242. The van der Waals surface area contributed by atoms with Gasteiger partial charge in [-0.3, -0.25) is 0 Å². The molecule has 0 amide bonds. The first-order valence-electron chi connectivity index (χ1n) is 8.85. The van der Waals surface area contributed by atoms with E-state index in [9.17, 15) is 10.2 Å². The van der Waals surface area contributed by atoms with Gasteiger partial charge in [-0.15, -0.1) is 25.3 Å². The fourth-order valence-corrected chi connectivity index (χ4v) is 3.63. The lowest BCUT2D eigenvalue weighted by Gasteiger charge is -2.37. The number of hydrogen-bond acceptors (Lipinski definition) is 4. The van der Waals surface area contributed by atoms with Crippen LogP contribution in [0.1, 0.15) is 96.3 Å². The standard InChI is InChI=1S/C17H34O2S2/c18-16(20)14-12-10-8-6-4-2-1-3-5-7-9-11-13-15-17(16,19)21/h18-21H,1-15H2. The molecule has 0 aromatic rings. The summed E-state index contributed by atoms with van der Waals surface area (Å²) in [7, 11) is 0. The van der Waals surface area contributed by atoms with Gasteiger partial charge in [0, 0.05) is 0 Å². The molecule has 1 saturated carbocycles. The van der Waals surface area contributed by atoms with E-state index in [2.05, 4.69) is 25.3 Å². The maximum absolute atomic E-state index is 10.4. The van der Waals surface area contributed by atoms with Crippen LogP contribution in [0.15, 0.2) is 0 Å². The molecule has 0 bridgehead atoms. The van der Waals surface area contributed by atoms with Gasteiger partial charge in [0.2, 0.25) is 0 Å². The largest absolute Gasteiger partial charge is 0.376 e. The van der Waals surface area contributed by atoms with Gasteiger partial charge in [0.1, 0.15) is 9.87 Å². The molecule has 2 unspecified atom stereocenters. The SMILES string of the molecule is OC1(S)CCCCCCCCCCCCCCCC1(O)S. The first-order chi connectivity index (χ1) is 9.96. The van der Waals surface area contributed by atoms with E-state index in [0.717, 1.165) is 25.7 Å². The normalized spacial score (nSPS) is 36.0. The molecule has 0 radical (unpaired) electrons. The summed E-state index contributed by atoms with van der Waals surface area (Å²) < 4.78 is 0. The topological polar surface area (TPSA) is 40.5 Å². The van der Waals surface area contributed by atoms with E-state index in [1.165, 1.54) is 57.8 Å². The average molecular weight is 335 g/mol. The molecule has 1 aliphatic rings. The molecule has 2 N–H and O–H groups in total. The van der Waals surface area contributed by atoms with Crippen molar-refractivity contribution in [1.29, 1.82) is 0 Å². The Kier molecular flexibility index (Phi) is 9.74. The zero-order valence-electron chi connectivity index (χ0n) is 13.4. The summed E-state index contributed by atoms with van der Waals surface area (Å²) in [5, 5.41) is 20.8. The van der Waals surface area contributed by atoms with Crippen LogP contribution in [0.2, 0.25) is 0 Å². The van der Waals surface area contributed by atoms with E-state index in [1.807, 2.05) is 0 Å². The zero-order chi connectivity index (χ0) is 15.6. The van der Waals surface area contributed by atoms with Crippen molar-refractivity contribution in [2.75, 3.05) is 0 Å². The Morgan fingerprint density at radius 1 is 0.429 bits per heavy atom. The molecule has 0 heterocycles. The molecule has 0 aromatic heterocycles. The summed E-state index contributed by atoms with van der Waals surface area (Å²) in [4.78, 5) is -2.77. The van der Waals surface area contributed by atoms with E-state index in [4.69, 9.17) is 0 Å². The van der Waals surface area contributed by atoms with E-state index in [0.29, 0.717) is 12.8 Å². The van der Waals surface area contributed by atoms with Crippen LogP contribution in [-0.4, -0.2) is 20.1 Å². The van der Waals surface area contributed by atoms with Crippen molar-refractivity contribution in [1.82, 2.24) is 0 Å². The Morgan fingerprint density at radius 3 is 0.857 bits per heavy atom. The van der Waals surface area contributed by atoms with Gasteiger partial charge >= 0.3 is 0 Å². The van der Waals surface area contributed by atoms with Crippen LogP contribution in [0.5, 0.6) is 0 Å². The van der Waals surface area contributed by atoms with Gasteiger partial charge in [0.25, 0.3) is 0 Å². The fraction of sp³-hybridized carbons (Fsp3) is 1.00. The van der Waals surface area contributed by atoms with Gasteiger partial charge in [-0.05, 0) is 25.7 Å². The quantitative estimate of drug-likeness (QED) is 0.368. The van der Waals surface area contributed by atoms with Gasteiger partial charge in [-0.25, -0.2) is 0 Å². The van der Waals surface area contributed by atoms with Crippen molar-refractivity contribution in [2.24, 2.45) is 0 Å². The van der Waals surface area contributed by atoms with Gasteiger partial charge in [-0.1, -0.05) is 70.6 Å². The molecule has 2 atom stereocenters. The highest BCUT2D eigenvalue weighted by molar-refractivity contribution is 7.86. The third kappa shape index (κ3) is 8.15. The van der Waals surface area contributed by atoms with E-state index >= 15 is 0 Å². The molecule has 2 nitrogen and oxygen atoms in total. The minimum atomic E-state index is -1.38. The molecule has 21 heavy (non-hydrogen) atoms. The van der Waals surface area contributed by atoms with Crippen molar-refractivity contribution in [3.63, 3.8) is 0 Å². The molecular weight excluding hydrogens is 300 g/mol. The van der Waals surface area contributed by atoms with Crippen LogP contribution in [0.25, 0.3) is 0 Å². The van der Waals surface area contributed by atoms with Gasteiger partial charge < -0.3 is 10.2 Å². The summed E-state index contributed by atoms with van der Waals surface area (Å²) in [6, 6.07) is 0. The number of thiol groups is 2. The van der Waals surface area contributed by atoms with Crippen molar-refractivity contribution in [2.45, 2.75) is 106 Å². The lowest BCUT2D eigenvalue weighted by molar-refractivity contribution is -0.0406. The molecule has 1 rings (SSSR count). The number of aliphatic hydroxyl groups is 2. The second kappa shape index (κ2) is 10.4. The van der Waals surface area contributed by atoms with Crippen LogP contribution in [0.4, 0.5) is 0 Å². The van der Waals surface area contributed by atoms with Crippen molar-refractivity contribution >= 4 is 25.3 Å². The monoisotopic (exact) mass is 334 g/mol. The van der Waals surface area contributed by atoms with Crippen LogP contribution in [0.3, 0.4) is 0 Å². The van der Waals surface area contributed by atoms with Crippen molar-refractivity contribution < 1.29 is 10.2 Å². The first-order valence-corrected chi connectivity index (χ1v) is 9.75. The Hall–Kier alpha value is 0.620. The summed E-state index contributed by atoms with van der Waals surface area (Å²) in [6.07, 6.45) is 16.8. The first kappa shape index (κ1) is 19.7. The minimum Gasteiger partial charge on any atom is -0.376 e. The lowest BCUT2D eigenvalue weighted by atomic mass is 9.98. The predicted molar refractivity (Wildman–Crippen MR) is 97.1 cm³/mol. The predicted octanol–water partition coefficient (Wildman–Crippen LogP) is 5.09. The third-order valence-corrected chi connectivity index (χ3v) is 6.06. The zero-order valence-corrected chi connectivity index (χ0v) is 15.2. The second-order valence-corrected chi connectivity index (χ2v) is 8.21. The molecule has 126 valence electrons. The highest BCUT2D eigenvalue weighted by Crippen LogP contribution is 2.38. The highest BCUT2D eigenvalue weighted by atomic mass is 32.1. The Labute approximate surface area is 141 Å². The molecule has 0 spiro atoms. The van der Waals surface area contributed by atoms with Crippen molar-refractivity contribution in [3.05, 3.63) is 0 Å². The molecule has 0 aliphatic heterocycles. The van der Waals surface area contributed by atoms with Crippen LogP contribution in [0, 0.1) is 0 Å². The highest BCUT2D eigenvalue weighted by Gasteiger charge is 2.42. The Balaban J connectivity index is 2.42. The Morgan fingerprint density at radius 2 is 0.619 bits per heavy atom. The van der Waals surface area contributed by atoms with Gasteiger partial charge in [0.05, 0.1) is 0 Å². The number of hydrogen-bond donors (Lipinski definition) is 4. The summed E-state index contributed by atoms with van der Waals surface area (Å²) in [5.41, 5.74) is 0. The molecule has 1 aliphatic carbocycles. The number of rotatable bonds is 0. The van der Waals surface area contributed by atoms with E-state index in [-0.39, 0.29) is 0 Å². The molecular formula is C17H34O2S2. The van der Waals surface area contributed by atoms with E-state index in [1.54, 1.807) is 0 Å². The lowest BCUT2D eigenvalue weighted by Crippen LogP contribution is -2.46. The third-order valence-electron chi connectivity index (χ3n) is 4.69. The molecule has 0 aromatic carbocycles. The average Bonchev–Trinajstić information content (AvgIpc) is 2.42. The van der Waals surface area contributed by atoms with Gasteiger partial charge in [-0.2, -0.15) is 0 Å². The second-order valence-electron chi connectivity index (χ2n) is 6.73. The van der Waals surface area contributed by atoms with Crippen LogP contribution >= 0.6 is 25.3 Å². The summed E-state index contributed by atoms with van der Waals surface area (Å²) in [6.45, 7) is 0.